The predicted molar refractivity (Wildman–Crippen MR) is 106 cm³/mol. The molecule has 1 atom stereocenters. The van der Waals surface area contributed by atoms with Crippen molar-refractivity contribution in [2.24, 2.45) is 9.98 Å². The van der Waals surface area contributed by atoms with Crippen LogP contribution in [0.25, 0.3) is 0 Å². The second-order valence-electron chi connectivity index (χ2n) is 6.06. The van der Waals surface area contributed by atoms with Crippen molar-refractivity contribution in [2.45, 2.75) is 38.1 Å². The lowest BCUT2D eigenvalue weighted by Crippen LogP contribution is -2.33. The second-order valence-corrected chi connectivity index (χ2v) is 6.30. The van der Waals surface area contributed by atoms with Gasteiger partial charge >= 0.3 is 0 Å². The molecule has 122 valence electrons. The van der Waals surface area contributed by atoms with E-state index < -0.39 is 5.54 Å². The lowest BCUT2D eigenvalue weighted by atomic mass is 9.84. The molecule has 2 aromatic carbocycles. The van der Waals surface area contributed by atoms with Crippen molar-refractivity contribution in [1.29, 1.82) is 0 Å². The van der Waals surface area contributed by atoms with Gasteiger partial charge in [-0.1, -0.05) is 92.6 Å². The fourth-order valence-corrected chi connectivity index (χ4v) is 3.37. The molecule has 24 heavy (non-hydrogen) atoms. The van der Waals surface area contributed by atoms with Crippen molar-refractivity contribution in [3.8, 4) is 0 Å². The van der Waals surface area contributed by atoms with Gasteiger partial charge in [-0.2, -0.15) is 0 Å². The Hall–Kier alpha value is -2.13. The van der Waals surface area contributed by atoms with Gasteiger partial charge in [-0.3, -0.25) is 0 Å². The Kier molecular flexibility index (Phi) is 5.31. The third kappa shape index (κ3) is 3.22. The van der Waals surface area contributed by atoms with Crippen LogP contribution in [0.2, 0.25) is 0 Å². The molecule has 2 aromatic rings. The van der Waals surface area contributed by atoms with E-state index in [-0.39, 0.29) is 0 Å². The van der Waals surface area contributed by atoms with E-state index in [1.165, 1.54) is 12.8 Å². The maximum atomic E-state index is 5.46. The van der Waals surface area contributed by atoms with Crippen molar-refractivity contribution in [3.63, 3.8) is 0 Å². The molecule has 1 aliphatic heterocycles. The molecule has 2 nitrogen and oxygen atoms in total. The first-order chi connectivity index (χ1) is 11.8. The van der Waals surface area contributed by atoms with Gasteiger partial charge in [-0.05, 0) is 17.5 Å². The molecule has 3 rings (SSSR count). The summed E-state index contributed by atoms with van der Waals surface area (Å²) in [5.41, 5.74) is 2.44. The Balaban J connectivity index is 2.06. The Bertz CT molecular complexity index is 750. The molecule has 0 N–H and O–H groups in total. The predicted octanol–water partition coefficient (Wildman–Crippen LogP) is 5.36. The van der Waals surface area contributed by atoms with Gasteiger partial charge < -0.3 is 0 Å². The van der Waals surface area contributed by atoms with E-state index in [1.54, 1.807) is 5.37 Å². The lowest BCUT2D eigenvalue weighted by Gasteiger charge is -2.24. The van der Waals surface area contributed by atoms with Crippen molar-refractivity contribution >= 4 is 29.1 Å². The zero-order valence-corrected chi connectivity index (χ0v) is 14.8. The Labute approximate surface area is 149 Å². The highest BCUT2D eigenvalue weighted by atomic mass is 32.1. The molecule has 1 unspecified atom stereocenters. The number of thiocarbonyl (C=S) groups is 1. The van der Waals surface area contributed by atoms with Crippen LogP contribution in [-0.4, -0.2) is 16.9 Å². The normalized spacial score (nSPS) is 19.7. The molecule has 0 aromatic heterocycles. The Morgan fingerprint density at radius 1 is 0.958 bits per heavy atom. The standard InChI is InChI=1S/C21H22N2S/c1-2-3-6-15-19-22-20(17-11-7-4-8-12-17)21(16-24,23-19)18-13-9-5-10-14-18/h4-5,7-14,16H,2-3,6,15H2,1H3. The quantitative estimate of drug-likeness (QED) is 0.494. The van der Waals surface area contributed by atoms with E-state index in [9.17, 15) is 0 Å². The maximum absolute atomic E-state index is 5.46. The van der Waals surface area contributed by atoms with Gasteiger partial charge in [0.2, 0.25) is 0 Å². The molecule has 0 saturated heterocycles. The van der Waals surface area contributed by atoms with Crippen LogP contribution in [0.4, 0.5) is 0 Å². The number of hydrogen-bond donors (Lipinski definition) is 0. The van der Waals surface area contributed by atoms with Gasteiger partial charge in [0.15, 0.2) is 5.54 Å². The van der Waals surface area contributed by atoms with Crippen LogP contribution in [0.5, 0.6) is 0 Å². The Morgan fingerprint density at radius 2 is 1.62 bits per heavy atom. The molecule has 0 fully saturated rings. The van der Waals surface area contributed by atoms with E-state index >= 15 is 0 Å². The molecule has 0 saturated carbocycles. The summed E-state index contributed by atoms with van der Waals surface area (Å²) in [6.07, 6.45) is 4.41. The van der Waals surface area contributed by atoms with Gasteiger partial charge in [-0.25, -0.2) is 9.98 Å². The van der Waals surface area contributed by atoms with Crippen molar-refractivity contribution < 1.29 is 0 Å². The van der Waals surface area contributed by atoms with Crippen LogP contribution in [0.15, 0.2) is 70.6 Å². The number of aliphatic imine (C=N–C) groups is 2. The van der Waals surface area contributed by atoms with E-state index in [2.05, 4.69) is 31.2 Å². The fraction of sp³-hybridized carbons (Fsp3) is 0.286. The van der Waals surface area contributed by atoms with Gasteiger partial charge in [0.25, 0.3) is 0 Å². The molecular formula is C21H22N2S. The van der Waals surface area contributed by atoms with Crippen molar-refractivity contribution in [2.75, 3.05) is 0 Å². The summed E-state index contributed by atoms with van der Waals surface area (Å²) in [7, 11) is 0. The number of amidine groups is 1. The largest absolute Gasteiger partial charge is 0.247 e. The van der Waals surface area contributed by atoms with Crippen LogP contribution in [0.1, 0.15) is 43.7 Å². The van der Waals surface area contributed by atoms with Crippen LogP contribution in [-0.2, 0) is 5.54 Å². The van der Waals surface area contributed by atoms with Gasteiger partial charge in [0, 0.05) is 11.8 Å². The number of unbranched alkanes of at least 4 members (excludes halogenated alkanes) is 2. The van der Waals surface area contributed by atoms with E-state index in [4.69, 9.17) is 22.2 Å². The summed E-state index contributed by atoms with van der Waals surface area (Å²) in [6.45, 7) is 2.21. The summed E-state index contributed by atoms with van der Waals surface area (Å²) in [5.74, 6) is 0.909. The van der Waals surface area contributed by atoms with Crippen molar-refractivity contribution in [3.05, 3.63) is 71.8 Å². The van der Waals surface area contributed by atoms with E-state index in [1.807, 2.05) is 36.4 Å². The zero-order valence-electron chi connectivity index (χ0n) is 14.0. The summed E-state index contributed by atoms with van der Waals surface area (Å²) >= 11 is 5.46. The molecule has 0 radical (unpaired) electrons. The summed E-state index contributed by atoms with van der Waals surface area (Å²) in [6, 6.07) is 20.5. The smallest absolute Gasteiger partial charge is 0.158 e. The molecule has 0 spiro atoms. The van der Waals surface area contributed by atoms with Crippen LogP contribution in [0.3, 0.4) is 0 Å². The van der Waals surface area contributed by atoms with Gasteiger partial charge in [0.1, 0.15) is 5.84 Å². The highest BCUT2D eigenvalue weighted by molar-refractivity contribution is 7.79. The molecule has 0 amide bonds. The number of nitrogens with zero attached hydrogens (tertiary/aromatic N) is 2. The number of benzene rings is 2. The summed E-state index contributed by atoms with van der Waals surface area (Å²) in [4.78, 5) is 9.89. The van der Waals surface area contributed by atoms with Gasteiger partial charge in [0.05, 0.1) is 5.71 Å². The number of rotatable bonds is 7. The lowest BCUT2D eigenvalue weighted by molar-refractivity contribution is 0.737. The molecule has 1 heterocycles. The summed E-state index contributed by atoms with van der Waals surface area (Å²) < 4.78 is 0. The van der Waals surface area contributed by atoms with E-state index in [0.29, 0.717) is 0 Å². The first-order valence-corrected chi connectivity index (χ1v) is 9.02. The minimum absolute atomic E-state index is 0.653. The molecule has 0 bridgehead atoms. The second kappa shape index (κ2) is 7.63. The molecule has 1 aliphatic rings. The fourth-order valence-electron chi connectivity index (χ4n) is 3.07. The monoisotopic (exact) mass is 334 g/mol. The highest BCUT2D eigenvalue weighted by Gasteiger charge is 2.40. The highest BCUT2D eigenvalue weighted by Crippen LogP contribution is 2.34. The topological polar surface area (TPSA) is 24.7 Å². The minimum Gasteiger partial charge on any atom is -0.247 e. The van der Waals surface area contributed by atoms with E-state index in [0.717, 1.165) is 35.5 Å². The SMILES string of the molecule is CCCCCC1=NC(C=S)(c2ccccc2)C(c2ccccc2)=N1. The number of hydrogen-bond acceptors (Lipinski definition) is 3. The first-order valence-electron chi connectivity index (χ1n) is 8.55. The maximum Gasteiger partial charge on any atom is 0.158 e. The average Bonchev–Trinajstić information content (AvgIpc) is 3.03. The minimum atomic E-state index is -0.653. The van der Waals surface area contributed by atoms with Crippen LogP contribution < -0.4 is 0 Å². The Morgan fingerprint density at radius 3 is 2.25 bits per heavy atom. The third-order valence-corrected chi connectivity index (χ3v) is 4.68. The average molecular weight is 334 g/mol. The van der Waals surface area contributed by atoms with Gasteiger partial charge in [-0.15, -0.1) is 0 Å². The van der Waals surface area contributed by atoms with Crippen LogP contribution >= 0.6 is 12.2 Å². The van der Waals surface area contributed by atoms with Crippen molar-refractivity contribution in [1.82, 2.24) is 0 Å². The third-order valence-electron chi connectivity index (χ3n) is 4.34. The first kappa shape index (κ1) is 16.7. The molecular weight excluding hydrogens is 312 g/mol. The zero-order chi connectivity index (χ0) is 16.8. The summed E-state index contributed by atoms with van der Waals surface area (Å²) in [5, 5.41) is 1.76. The van der Waals surface area contributed by atoms with Crippen LogP contribution in [0, 0.1) is 0 Å². The molecule has 0 aliphatic carbocycles. The molecule has 3 heteroatoms.